The lowest BCUT2D eigenvalue weighted by Crippen LogP contribution is -2.17. The smallest absolute Gasteiger partial charge is 0.266 e. The van der Waals surface area contributed by atoms with E-state index in [0.717, 1.165) is 17.5 Å². The topological polar surface area (TPSA) is 24.4 Å². The summed E-state index contributed by atoms with van der Waals surface area (Å²) < 4.78 is 28.2. The molecule has 1 N–H and O–H groups in total. The molecule has 0 radical (unpaired) electrons. The summed E-state index contributed by atoms with van der Waals surface area (Å²) in [6, 6.07) is 9.76. The highest BCUT2D eigenvalue weighted by Gasteiger charge is 2.08. The lowest BCUT2D eigenvalue weighted by molar-refractivity contribution is 0.418. The highest BCUT2D eigenvalue weighted by atomic mass is 32.2. The molecule has 1 aliphatic heterocycles. The molecule has 90 valence electrons. The summed E-state index contributed by atoms with van der Waals surface area (Å²) in [5.41, 5.74) is 2.89. The molecule has 0 bridgehead atoms. The zero-order valence-electron chi connectivity index (χ0n) is 9.07. The molecule has 0 aromatic heterocycles. The van der Waals surface area contributed by atoms with Crippen molar-refractivity contribution in [3.05, 3.63) is 48.1 Å². The molecular weight excluding hydrogens is 242 g/mol. The van der Waals surface area contributed by atoms with Crippen molar-refractivity contribution >= 4 is 22.0 Å². The predicted octanol–water partition coefficient (Wildman–Crippen LogP) is 3.15. The van der Waals surface area contributed by atoms with Gasteiger partial charge in [0.2, 0.25) is 0 Å². The average molecular weight is 254 g/mol. The van der Waals surface area contributed by atoms with Crippen LogP contribution in [0.3, 0.4) is 0 Å². The van der Waals surface area contributed by atoms with Gasteiger partial charge < -0.3 is 5.32 Å². The van der Waals surface area contributed by atoms with Crippen molar-refractivity contribution in [1.29, 1.82) is 0 Å². The van der Waals surface area contributed by atoms with E-state index in [-0.39, 0.29) is 10.7 Å². The van der Waals surface area contributed by atoms with E-state index in [4.69, 9.17) is 0 Å². The van der Waals surface area contributed by atoms with Gasteiger partial charge in [-0.05, 0) is 12.5 Å². The van der Waals surface area contributed by atoms with Gasteiger partial charge in [-0.15, -0.1) is 0 Å². The molecule has 1 heterocycles. The lowest BCUT2D eigenvalue weighted by Gasteiger charge is -1.99. The molecule has 1 unspecified atom stereocenters. The fourth-order valence-corrected chi connectivity index (χ4v) is 2.68. The number of rotatable bonds is 4. The van der Waals surface area contributed by atoms with Gasteiger partial charge in [0.25, 0.3) is 6.08 Å². The fraction of sp³-hybridized carbons (Fsp3) is 0.167. The van der Waals surface area contributed by atoms with Crippen molar-refractivity contribution in [3.63, 3.8) is 0 Å². The van der Waals surface area contributed by atoms with Crippen LogP contribution in [-0.2, 0) is 0 Å². The van der Waals surface area contributed by atoms with Gasteiger partial charge in [0.1, 0.15) is 5.84 Å². The predicted molar refractivity (Wildman–Crippen MR) is 69.6 cm³/mol. The molecule has 2 nitrogen and oxygen atoms in total. The van der Waals surface area contributed by atoms with Crippen LogP contribution < -0.4 is 5.32 Å². The summed E-state index contributed by atoms with van der Waals surface area (Å²) in [5, 5.41) is 3.09. The SMILES string of the molecule is FC(F)=CCCS1=CNC(c2ccccc2)=N1. The standard InChI is InChI=1S/C12H12F2N2S/c13-11(14)7-4-8-17-9-15-12(16-17)10-5-2-1-3-6-10/h1-3,5-7,9H,4,8H2,(H,15,16). The molecule has 0 fully saturated rings. The molecule has 0 aliphatic carbocycles. The largest absolute Gasteiger partial charge is 0.339 e. The molecule has 1 atom stereocenters. The van der Waals surface area contributed by atoms with Crippen molar-refractivity contribution < 1.29 is 8.78 Å². The van der Waals surface area contributed by atoms with E-state index >= 15 is 0 Å². The van der Waals surface area contributed by atoms with E-state index in [1.807, 2.05) is 35.8 Å². The summed E-state index contributed by atoms with van der Waals surface area (Å²) in [6.07, 6.45) is -0.320. The monoisotopic (exact) mass is 254 g/mol. The molecule has 17 heavy (non-hydrogen) atoms. The number of amidine groups is 1. The molecule has 5 heteroatoms. The van der Waals surface area contributed by atoms with Crippen LogP contribution in [0.25, 0.3) is 0 Å². The molecular formula is C12H12F2N2S. The minimum atomic E-state index is -1.62. The van der Waals surface area contributed by atoms with Crippen LogP contribution in [0.5, 0.6) is 0 Å². The summed E-state index contributed by atoms with van der Waals surface area (Å²) in [5.74, 6) is 1.44. The quantitative estimate of drug-likeness (QED) is 0.820. The third-order valence-corrected chi connectivity index (χ3v) is 3.67. The lowest BCUT2D eigenvalue weighted by atomic mass is 10.2. The molecule has 2 rings (SSSR count). The Kier molecular flexibility index (Phi) is 4.03. The average Bonchev–Trinajstić information content (AvgIpc) is 2.78. The van der Waals surface area contributed by atoms with Gasteiger partial charge in [0.05, 0.1) is 0 Å². The summed E-state index contributed by atoms with van der Waals surface area (Å²) in [4.78, 5) is 0. The number of allylic oxidation sites excluding steroid dienone is 1. The van der Waals surface area contributed by atoms with E-state index < -0.39 is 6.08 Å². The summed E-state index contributed by atoms with van der Waals surface area (Å²) in [6.45, 7) is 0. The zero-order chi connectivity index (χ0) is 12.1. The van der Waals surface area contributed by atoms with Crippen LogP contribution in [0, 0.1) is 0 Å². The van der Waals surface area contributed by atoms with E-state index in [1.165, 1.54) is 0 Å². The minimum absolute atomic E-state index is 0.300. The number of nitrogens with zero attached hydrogens (tertiary/aromatic N) is 1. The Morgan fingerprint density at radius 1 is 1.29 bits per heavy atom. The van der Waals surface area contributed by atoms with Gasteiger partial charge in [0, 0.05) is 16.8 Å². The van der Waals surface area contributed by atoms with Crippen LogP contribution in [0.4, 0.5) is 8.78 Å². The Morgan fingerprint density at radius 3 is 2.76 bits per heavy atom. The molecule has 0 spiro atoms. The Balaban J connectivity index is 1.96. The van der Waals surface area contributed by atoms with E-state index in [2.05, 4.69) is 9.71 Å². The first kappa shape index (κ1) is 12.0. The van der Waals surface area contributed by atoms with Gasteiger partial charge in [-0.1, -0.05) is 41.0 Å². The fourth-order valence-electron chi connectivity index (χ4n) is 1.42. The zero-order valence-corrected chi connectivity index (χ0v) is 9.88. The van der Waals surface area contributed by atoms with Crippen LogP contribution in [0.1, 0.15) is 12.0 Å². The molecule has 1 aromatic rings. The Hall–Kier alpha value is -1.49. The van der Waals surface area contributed by atoms with Gasteiger partial charge in [0.15, 0.2) is 0 Å². The Labute approximate surface area is 101 Å². The van der Waals surface area contributed by atoms with Crippen molar-refractivity contribution in [3.8, 4) is 0 Å². The normalized spacial score (nSPS) is 18.0. The maximum atomic E-state index is 11.9. The van der Waals surface area contributed by atoms with Gasteiger partial charge in [-0.2, -0.15) is 8.78 Å². The van der Waals surface area contributed by atoms with E-state index in [0.29, 0.717) is 12.2 Å². The van der Waals surface area contributed by atoms with Crippen LogP contribution >= 0.6 is 10.7 Å². The highest BCUT2D eigenvalue weighted by molar-refractivity contribution is 8.14. The second-order valence-corrected chi connectivity index (χ2v) is 5.08. The minimum Gasteiger partial charge on any atom is -0.339 e. The van der Waals surface area contributed by atoms with Crippen LogP contribution in [-0.4, -0.2) is 17.1 Å². The maximum absolute atomic E-state index is 11.9. The van der Waals surface area contributed by atoms with Crippen molar-refractivity contribution in [2.45, 2.75) is 6.42 Å². The first-order valence-corrected chi connectivity index (χ1v) is 6.62. The Bertz CT molecular complexity index is 477. The first-order chi connectivity index (χ1) is 8.25. The summed E-state index contributed by atoms with van der Waals surface area (Å²) in [7, 11) is -0.300. The number of nitrogens with one attached hydrogen (secondary N) is 1. The number of benzene rings is 1. The molecule has 1 aliphatic rings. The van der Waals surface area contributed by atoms with Gasteiger partial charge in [-0.3, -0.25) is 0 Å². The van der Waals surface area contributed by atoms with Crippen molar-refractivity contribution in [2.24, 2.45) is 4.40 Å². The van der Waals surface area contributed by atoms with Crippen molar-refractivity contribution in [1.82, 2.24) is 5.32 Å². The third kappa shape index (κ3) is 3.49. The van der Waals surface area contributed by atoms with E-state index in [1.54, 1.807) is 0 Å². The second kappa shape index (κ2) is 5.72. The molecule has 0 amide bonds. The van der Waals surface area contributed by atoms with E-state index in [9.17, 15) is 8.78 Å². The maximum Gasteiger partial charge on any atom is 0.266 e. The number of hydrogen-bond donors (Lipinski definition) is 1. The first-order valence-electron chi connectivity index (χ1n) is 5.20. The number of halogens is 2. The van der Waals surface area contributed by atoms with Crippen LogP contribution in [0.2, 0.25) is 0 Å². The molecule has 0 saturated carbocycles. The summed E-state index contributed by atoms with van der Waals surface area (Å²) >= 11 is 0. The second-order valence-electron chi connectivity index (χ2n) is 3.46. The highest BCUT2D eigenvalue weighted by Crippen LogP contribution is 2.20. The van der Waals surface area contributed by atoms with Crippen molar-refractivity contribution in [2.75, 3.05) is 5.75 Å². The Morgan fingerprint density at radius 2 is 2.06 bits per heavy atom. The van der Waals surface area contributed by atoms with Gasteiger partial charge >= 0.3 is 0 Å². The van der Waals surface area contributed by atoms with Crippen LogP contribution in [0.15, 0.2) is 46.9 Å². The number of hydrogen-bond acceptors (Lipinski definition) is 2. The molecule has 0 saturated heterocycles. The molecule has 1 aromatic carbocycles. The van der Waals surface area contributed by atoms with Gasteiger partial charge in [-0.25, -0.2) is 4.40 Å². The third-order valence-electron chi connectivity index (χ3n) is 2.21.